The molecule has 0 aliphatic carbocycles. The van der Waals surface area contributed by atoms with Crippen LogP contribution in [0.2, 0.25) is 0 Å². The van der Waals surface area contributed by atoms with Crippen molar-refractivity contribution in [3.8, 4) is 11.5 Å². The van der Waals surface area contributed by atoms with Gasteiger partial charge in [0.05, 0.1) is 19.1 Å². The lowest BCUT2D eigenvalue weighted by molar-refractivity contribution is -0.126. The summed E-state index contributed by atoms with van der Waals surface area (Å²) in [6, 6.07) is 10.5. The number of nitrogens with zero attached hydrogens (tertiary/aromatic N) is 1. The molecule has 0 radical (unpaired) electrons. The molecule has 3 rings (SSSR count). The number of rotatable bonds is 6. The Bertz CT molecular complexity index is 1030. The van der Waals surface area contributed by atoms with Crippen molar-refractivity contribution in [2.75, 3.05) is 18.6 Å². The van der Waals surface area contributed by atoms with Crippen molar-refractivity contribution in [1.29, 1.82) is 0 Å². The molecule has 8 heteroatoms. The number of carbonyl (C=O) groups is 3. The number of methoxy groups -OCH3 is 1. The summed E-state index contributed by atoms with van der Waals surface area (Å²) in [6.45, 7) is 7.99. The van der Waals surface area contributed by atoms with E-state index in [1.54, 1.807) is 23.1 Å². The van der Waals surface area contributed by atoms with Crippen molar-refractivity contribution in [2.45, 2.75) is 40.2 Å². The van der Waals surface area contributed by atoms with Crippen LogP contribution in [0.3, 0.4) is 0 Å². The summed E-state index contributed by atoms with van der Waals surface area (Å²) in [5, 5.41) is 0. The fourth-order valence-corrected chi connectivity index (χ4v) is 3.60. The zero-order valence-corrected chi connectivity index (χ0v) is 19.0. The van der Waals surface area contributed by atoms with E-state index in [-0.39, 0.29) is 25.0 Å². The van der Waals surface area contributed by atoms with E-state index < -0.39 is 17.7 Å². The molecule has 0 spiro atoms. The molecule has 3 amide bonds. The molecule has 1 fully saturated rings. The zero-order chi connectivity index (χ0) is 23.4. The van der Waals surface area contributed by atoms with E-state index in [0.717, 1.165) is 16.8 Å². The Labute approximate surface area is 187 Å². The molecule has 1 aliphatic rings. The second kappa shape index (κ2) is 9.72. The van der Waals surface area contributed by atoms with E-state index in [2.05, 4.69) is 10.9 Å². The quantitative estimate of drug-likeness (QED) is 0.675. The normalized spacial score (nSPS) is 15.6. The van der Waals surface area contributed by atoms with Gasteiger partial charge in [-0.25, -0.2) is 0 Å². The third kappa shape index (κ3) is 5.01. The van der Waals surface area contributed by atoms with Crippen LogP contribution >= 0.6 is 0 Å². The highest BCUT2D eigenvalue weighted by Gasteiger charge is 2.36. The minimum Gasteiger partial charge on any atom is -0.493 e. The molecule has 0 aromatic heterocycles. The fourth-order valence-electron chi connectivity index (χ4n) is 3.60. The van der Waals surface area contributed by atoms with Gasteiger partial charge in [-0.05, 0) is 63.1 Å². The van der Waals surface area contributed by atoms with E-state index >= 15 is 0 Å². The molecule has 1 aliphatic heterocycles. The van der Waals surface area contributed by atoms with Crippen molar-refractivity contribution in [3.63, 3.8) is 0 Å². The molecule has 0 saturated carbocycles. The van der Waals surface area contributed by atoms with E-state index in [1.807, 2.05) is 45.9 Å². The van der Waals surface area contributed by atoms with Gasteiger partial charge >= 0.3 is 0 Å². The van der Waals surface area contributed by atoms with Gasteiger partial charge in [-0.15, -0.1) is 0 Å². The lowest BCUT2D eigenvalue weighted by Crippen LogP contribution is -2.45. The minimum absolute atomic E-state index is 0.0415. The maximum atomic E-state index is 12.6. The zero-order valence-electron chi connectivity index (χ0n) is 19.0. The van der Waals surface area contributed by atoms with Gasteiger partial charge in [0.2, 0.25) is 11.8 Å². The summed E-state index contributed by atoms with van der Waals surface area (Å²) >= 11 is 0. The van der Waals surface area contributed by atoms with Crippen LogP contribution in [0.5, 0.6) is 11.5 Å². The highest BCUT2D eigenvalue weighted by Crippen LogP contribution is 2.30. The van der Waals surface area contributed by atoms with Crippen LogP contribution in [0.4, 0.5) is 5.69 Å². The molecular weight excluding hydrogens is 410 g/mol. The number of benzene rings is 2. The molecule has 32 heavy (non-hydrogen) atoms. The Balaban J connectivity index is 1.61. The van der Waals surface area contributed by atoms with Gasteiger partial charge in [-0.3, -0.25) is 25.2 Å². The predicted octanol–water partition coefficient (Wildman–Crippen LogP) is 2.91. The van der Waals surface area contributed by atoms with E-state index in [9.17, 15) is 14.4 Å². The lowest BCUT2D eigenvalue weighted by Gasteiger charge is -2.20. The van der Waals surface area contributed by atoms with Crippen molar-refractivity contribution < 1.29 is 23.9 Å². The first-order valence-corrected chi connectivity index (χ1v) is 10.5. The number of nitrogens with one attached hydrogen (secondary N) is 2. The number of aryl methyl sites for hydroxylation is 1. The van der Waals surface area contributed by atoms with Crippen molar-refractivity contribution in [2.24, 2.45) is 5.92 Å². The van der Waals surface area contributed by atoms with Crippen LogP contribution in [-0.2, 0) is 9.59 Å². The maximum absolute atomic E-state index is 12.6. The number of ether oxygens (including phenoxy) is 2. The van der Waals surface area contributed by atoms with E-state index in [4.69, 9.17) is 9.47 Å². The van der Waals surface area contributed by atoms with E-state index in [0.29, 0.717) is 17.1 Å². The van der Waals surface area contributed by atoms with Crippen molar-refractivity contribution in [3.05, 3.63) is 53.1 Å². The Kier molecular flexibility index (Phi) is 7.02. The Morgan fingerprint density at radius 1 is 1.09 bits per heavy atom. The third-order valence-electron chi connectivity index (χ3n) is 5.45. The van der Waals surface area contributed by atoms with Gasteiger partial charge < -0.3 is 14.4 Å². The second-order valence-corrected chi connectivity index (χ2v) is 8.10. The lowest BCUT2D eigenvalue weighted by atomic mass is 10.1. The highest BCUT2D eigenvalue weighted by atomic mass is 16.5. The van der Waals surface area contributed by atoms with Gasteiger partial charge in [0, 0.05) is 24.2 Å². The van der Waals surface area contributed by atoms with Crippen LogP contribution in [0.15, 0.2) is 36.4 Å². The average Bonchev–Trinajstić information content (AvgIpc) is 3.15. The highest BCUT2D eigenvalue weighted by molar-refractivity contribution is 6.01. The SMILES string of the molecule is COc1cc(C(=O)NNC(=O)C2CC(=O)N(c3cccc(C)c3C)C2)ccc1OC(C)C. The largest absolute Gasteiger partial charge is 0.493 e. The number of hydrazine groups is 1. The van der Waals surface area contributed by atoms with Crippen molar-refractivity contribution >= 4 is 23.4 Å². The first kappa shape index (κ1) is 23.1. The molecule has 2 N–H and O–H groups in total. The smallest absolute Gasteiger partial charge is 0.269 e. The monoisotopic (exact) mass is 439 g/mol. The summed E-state index contributed by atoms with van der Waals surface area (Å²) in [6.07, 6.45) is 0.0459. The molecule has 170 valence electrons. The molecule has 1 heterocycles. The standard InChI is InChI=1S/C24H29N3O5/c1-14(2)32-20-10-9-17(11-21(20)31-5)23(29)25-26-24(30)18-12-22(28)27(13-18)19-8-6-7-15(3)16(19)4/h6-11,14,18H,12-13H2,1-5H3,(H,25,29)(H,26,30). The van der Waals surface area contributed by atoms with Crippen molar-refractivity contribution in [1.82, 2.24) is 10.9 Å². The van der Waals surface area contributed by atoms with Gasteiger partial charge in [0.25, 0.3) is 5.91 Å². The number of hydrogen-bond donors (Lipinski definition) is 2. The number of anilines is 1. The topological polar surface area (TPSA) is 97.0 Å². The summed E-state index contributed by atoms with van der Waals surface area (Å²) in [7, 11) is 1.49. The first-order chi connectivity index (χ1) is 15.2. The molecule has 1 atom stereocenters. The number of amides is 3. The number of carbonyl (C=O) groups excluding carboxylic acids is 3. The average molecular weight is 440 g/mol. The molecular formula is C24H29N3O5. The van der Waals surface area contributed by atoms with Crippen LogP contribution in [0, 0.1) is 19.8 Å². The molecule has 2 aromatic carbocycles. The van der Waals surface area contributed by atoms with Crippen LogP contribution in [-0.4, -0.2) is 37.5 Å². The fraction of sp³-hybridized carbons (Fsp3) is 0.375. The Morgan fingerprint density at radius 3 is 2.53 bits per heavy atom. The summed E-state index contributed by atoms with van der Waals surface area (Å²) in [4.78, 5) is 39.3. The van der Waals surface area contributed by atoms with Crippen LogP contribution < -0.4 is 25.2 Å². The second-order valence-electron chi connectivity index (χ2n) is 8.10. The summed E-state index contributed by atoms with van der Waals surface area (Å²) < 4.78 is 10.9. The predicted molar refractivity (Wildman–Crippen MR) is 121 cm³/mol. The molecule has 1 unspecified atom stereocenters. The summed E-state index contributed by atoms with van der Waals surface area (Å²) in [5.74, 6) is -0.633. The number of hydrogen-bond acceptors (Lipinski definition) is 5. The molecule has 0 bridgehead atoms. The van der Waals surface area contributed by atoms with Gasteiger partial charge in [-0.1, -0.05) is 12.1 Å². The Hall–Kier alpha value is -3.55. The Morgan fingerprint density at radius 2 is 1.84 bits per heavy atom. The maximum Gasteiger partial charge on any atom is 0.269 e. The van der Waals surface area contributed by atoms with Crippen LogP contribution in [0.25, 0.3) is 0 Å². The molecule has 1 saturated heterocycles. The molecule has 2 aromatic rings. The third-order valence-corrected chi connectivity index (χ3v) is 5.45. The molecule has 8 nitrogen and oxygen atoms in total. The van der Waals surface area contributed by atoms with E-state index in [1.165, 1.54) is 7.11 Å². The van der Waals surface area contributed by atoms with Gasteiger partial charge in [0.15, 0.2) is 11.5 Å². The van der Waals surface area contributed by atoms with Gasteiger partial charge in [-0.2, -0.15) is 0 Å². The summed E-state index contributed by atoms with van der Waals surface area (Å²) in [5.41, 5.74) is 8.05. The first-order valence-electron chi connectivity index (χ1n) is 10.5. The van der Waals surface area contributed by atoms with Gasteiger partial charge in [0.1, 0.15) is 0 Å². The van der Waals surface area contributed by atoms with Crippen LogP contribution in [0.1, 0.15) is 41.8 Å². The minimum atomic E-state index is -0.556.